The summed E-state index contributed by atoms with van der Waals surface area (Å²) in [5.74, 6) is 0.638. The van der Waals surface area contributed by atoms with Crippen LogP contribution in [-0.4, -0.2) is 17.2 Å². The Morgan fingerprint density at radius 1 is 1.53 bits per heavy atom. The van der Waals surface area contributed by atoms with Crippen molar-refractivity contribution in [2.24, 2.45) is 0 Å². The normalized spacial score (nSPS) is 15.9. The maximum Gasteiger partial charge on any atom is 0.0686 e. The fraction of sp³-hybridized carbons (Fsp3) is 0.364. The second-order valence-electron chi connectivity index (χ2n) is 4.00. The van der Waals surface area contributed by atoms with Crippen LogP contribution in [0.3, 0.4) is 0 Å². The molecule has 0 spiro atoms. The molecule has 0 unspecified atom stereocenters. The first-order chi connectivity index (χ1) is 7.31. The van der Waals surface area contributed by atoms with Gasteiger partial charge in [0.2, 0.25) is 0 Å². The second-order valence-corrected chi connectivity index (χ2v) is 4.41. The third-order valence-electron chi connectivity index (χ3n) is 2.97. The van der Waals surface area contributed by atoms with Gasteiger partial charge in [0, 0.05) is 23.1 Å². The highest BCUT2D eigenvalue weighted by atomic mass is 35.5. The van der Waals surface area contributed by atoms with Gasteiger partial charge in [-0.3, -0.25) is 5.10 Å². The third-order valence-corrected chi connectivity index (χ3v) is 3.28. The first-order valence-corrected chi connectivity index (χ1v) is 5.52. The number of hydrogen-bond donors (Lipinski definition) is 2. The molecule has 0 radical (unpaired) electrons. The van der Waals surface area contributed by atoms with E-state index in [0.717, 1.165) is 21.6 Å². The number of rotatable bonds is 2. The predicted octanol–water partition coefficient (Wildman–Crippen LogP) is 3.14. The average molecular weight is 222 g/mol. The highest BCUT2D eigenvalue weighted by Crippen LogP contribution is 2.48. The average Bonchev–Trinajstić information content (AvgIpc) is 2.95. The van der Waals surface area contributed by atoms with Crippen molar-refractivity contribution in [2.75, 3.05) is 12.4 Å². The number of anilines is 1. The van der Waals surface area contributed by atoms with Crippen molar-refractivity contribution in [2.45, 2.75) is 18.8 Å². The van der Waals surface area contributed by atoms with E-state index in [4.69, 9.17) is 11.6 Å². The van der Waals surface area contributed by atoms with Gasteiger partial charge in [-0.2, -0.15) is 5.10 Å². The van der Waals surface area contributed by atoms with Crippen LogP contribution in [-0.2, 0) is 0 Å². The molecule has 0 saturated heterocycles. The summed E-state index contributed by atoms with van der Waals surface area (Å²) in [6, 6.07) is 1.97. The predicted molar refractivity (Wildman–Crippen MR) is 62.6 cm³/mol. The smallest absolute Gasteiger partial charge is 0.0686 e. The topological polar surface area (TPSA) is 40.7 Å². The minimum atomic E-state index is 0.638. The Labute approximate surface area is 92.8 Å². The number of aromatic nitrogens is 2. The van der Waals surface area contributed by atoms with E-state index < -0.39 is 0 Å². The Balaban J connectivity index is 2.34. The van der Waals surface area contributed by atoms with Gasteiger partial charge >= 0.3 is 0 Å². The Hall–Kier alpha value is -1.22. The zero-order chi connectivity index (χ0) is 10.4. The van der Waals surface area contributed by atoms with Gasteiger partial charge in [0.25, 0.3) is 0 Å². The maximum atomic E-state index is 6.29. The van der Waals surface area contributed by atoms with Crippen molar-refractivity contribution in [1.29, 1.82) is 0 Å². The summed E-state index contributed by atoms with van der Waals surface area (Å²) in [7, 11) is 1.93. The monoisotopic (exact) mass is 221 g/mol. The van der Waals surface area contributed by atoms with Gasteiger partial charge in [-0.25, -0.2) is 0 Å². The zero-order valence-electron chi connectivity index (χ0n) is 8.47. The standard InChI is InChI=1S/C11H12ClN3/c1-13-11-7-5-14-15-9(7)4-8(12)10(11)6-2-3-6/h4-6,13H,2-3H2,1H3,(H,14,15). The van der Waals surface area contributed by atoms with Gasteiger partial charge in [-0.1, -0.05) is 11.6 Å². The van der Waals surface area contributed by atoms with E-state index in [9.17, 15) is 0 Å². The Bertz CT molecular complexity index is 514. The van der Waals surface area contributed by atoms with Crippen LogP contribution in [0.4, 0.5) is 5.69 Å². The molecular formula is C11H12ClN3. The van der Waals surface area contributed by atoms with Crippen molar-refractivity contribution in [3.63, 3.8) is 0 Å². The Morgan fingerprint density at radius 2 is 2.33 bits per heavy atom. The van der Waals surface area contributed by atoms with Crippen LogP contribution in [0, 0.1) is 0 Å². The summed E-state index contributed by atoms with van der Waals surface area (Å²) in [6.45, 7) is 0. The summed E-state index contributed by atoms with van der Waals surface area (Å²) in [6.07, 6.45) is 4.35. The molecule has 78 valence electrons. The molecule has 0 amide bonds. The number of fused-ring (bicyclic) bond motifs is 1. The van der Waals surface area contributed by atoms with Crippen LogP contribution < -0.4 is 5.32 Å². The molecule has 15 heavy (non-hydrogen) atoms. The fourth-order valence-electron chi connectivity index (χ4n) is 2.11. The van der Waals surface area contributed by atoms with Gasteiger partial charge in [-0.05, 0) is 30.4 Å². The summed E-state index contributed by atoms with van der Waals surface area (Å²) in [4.78, 5) is 0. The van der Waals surface area contributed by atoms with Gasteiger partial charge < -0.3 is 5.32 Å². The van der Waals surface area contributed by atoms with E-state index in [1.165, 1.54) is 18.4 Å². The number of aromatic amines is 1. The van der Waals surface area contributed by atoms with Crippen LogP contribution in [0.5, 0.6) is 0 Å². The molecule has 1 aliphatic carbocycles. The second kappa shape index (κ2) is 3.14. The first-order valence-electron chi connectivity index (χ1n) is 5.14. The zero-order valence-corrected chi connectivity index (χ0v) is 9.23. The van der Waals surface area contributed by atoms with Crippen LogP contribution >= 0.6 is 11.6 Å². The largest absolute Gasteiger partial charge is 0.387 e. The van der Waals surface area contributed by atoms with Crippen LogP contribution in [0.2, 0.25) is 5.02 Å². The lowest BCUT2D eigenvalue weighted by Gasteiger charge is -2.11. The minimum Gasteiger partial charge on any atom is -0.387 e. The molecule has 1 aromatic carbocycles. The van der Waals surface area contributed by atoms with E-state index in [-0.39, 0.29) is 0 Å². The lowest BCUT2D eigenvalue weighted by atomic mass is 10.0. The SMILES string of the molecule is CNc1c(C2CC2)c(Cl)cc2[nH]ncc12. The molecule has 1 heterocycles. The van der Waals surface area contributed by atoms with Gasteiger partial charge in [-0.15, -0.1) is 0 Å². The molecule has 2 aromatic rings. The minimum absolute atomic E-state index is 0.638. The molecule has 0 aliphatic heterocycles. The van der Waals surface area contributed by atoms with Crippen molar-refractivity contribution >= 4 is 28.2 Å². The molecule has 1 saturated carbocycles. The van der Waals surface area contributed by atoms with E-state index in [1.807, 2.05) is 19.3 Å². The summed E-state index contributed by atoms with van der Waals surface area (Å²) in [5, 5.41) is 12.2. The number of hydrogen-bond acceptors (Lipinski definition) is 2. The number of nitrogens with one attached hydrogen (secondary N) is 2. The van der Waals surface area contributed by atoms with Crippen molar-refractivity contribution < 1.29 is 0 Å². The molecule has 0 bridgehead atoms. The molecule has 1 aromatic heterocycles. The molecule has 1 aliphatic rings. The van der Waals surface area contributed by atoms with E-state index in [0.29, 0.717) is 5.92 Å². The molecule has 3 nitrogen and oxygen atoms in total. The molecule has 3 rings (SSSR count). The summed E-state index contributed by atoms with van der Waals surface area (Å²) >= 11 is 6.29. The fourth-order valence-corrected chi connectivity index (χ4v) is 2.47. The quantitative estimate of drug-likeness (QED) is 0.818. The third kappa shape index (κ3) is 1.30. The number of H-pyrrole nitrogens is 1. The Kier molecular flexibility index (Phi) is 1.89. The summed E-state index contributed by atoms with van der Waals surface area (Å²) in [5.41, 5.74) is 3.38. The van der Waals surface area contributed by atoms with Crippen molar-refractivity contribution in [3.8, 4) is 0 Å². The van der Waals surface area contributed by atoms with Gasteiger partial charge in [0.1, 0.15) is 0 Å². The van der Waals surface area contributed by atoms with E-state index in [2.05, 4.69) is 15.5 Å². The number of halogens is 1. The van der Waals surface area contributed by atoms with Crippen molar-refractivity contribution in [3.05, 3.63) is 22.8 Å². The number of benzene rings is 1. The molecule has 1 fully saturated rings. The lowest BCUT2D eigenvalue weighted by molar-refractivity contribution is 1.12. The van der Waals surface area contributed by atoms with Gasteiger partial charge in [0.05, 0.1) is 11.7 Å². The van der Waals surface area contributed by atoms with Crippen LogP contribution in [0.1, 0.15) is 24.3 Å². The highest BCUT2D eigenvalue weighted by Gasteiger charge is 2.29. The van der Waals surface area contributed by atoms with Crippen molar-refractivity contribution in [1.82, 2.24) is 10.2 Å². The highest BCUT2D eigenvalue weighted by molar-refractivity contribution is 6.33. The maximum absolute atomic E-state index is 6.29. The number of nitrogens with zero attached hydrogens (tertiary/aromatic N) is 1. The Morgan fingerprint density at radius 3 is 3.00 bits per heavy atom. The molecule has 4 heteroatoms. The lowest BCUT2D eigenvalue weighted by Crippen LogP contribution is -1.96. The molecule has 2 N–H and O–H groups in total. The van der Waals surface area contributed by atoms with Crippen LogP contribution in [0.15, 0.2) is 12.3 Å². The van der Waals surface area contributed by atoms with E-state index in [1.54, 1.807) is 0 Å². The van der Waals surface area contributed by atoms with Gasteiger partial charge in [0.15, 0.2) is 0 Å². The van der Waals surface area contributed by atoms with Crippen LogP contribution in [0.25, 0.3) is 10.9 Å². The molecule has 0 atom stereocenters. The first kappa shape index (κ1) is 9.04. The summed E-state index contributed by atoms with van der Waals surface area (Å²) < 4.78 is 0. The molecular weight excluding hydrogens is 210 g/mol. The van der Waals surface area contributed by atoms with E-state index >= 15 is 0 Å².